The number of aliphatic imine (C=N–C) groups is 1. The molecule has 1 aliphatic heterocycles. The molecular weight excluding hydrogens is 360 g/mol. The Morgan fingerprint density at radius 1 is 0.889 bits per heavy atom. The molecule has 6 heteroatoms. The fourth-order valence-corrected chi connectivity index (χ4v) is 3.09. The molecule has 1 aliphatic rings. The molecule has 0 N–H and O–H groups in total. The van der Waals surface area contributed by atoms with E-state index in [-0.39, 0.29) is 5.56 Å². The molecule has 3 aromatic rings. The Hall–Kier alpha value is -3.05. The van der Waals surface area contributed by atoms with Crippen LogP contribution in [0.5, 0.6) is 0 Å². The van der Waals surface area contributed by atoms with Crippen molar-refractivity contribution in [2.45, 2.75) is 13.0 Å². The van der Waals surface area contributed by atoms with E-state index in [2.05, 4.69) is 39.5 Å². The highest BCUT2D eigenvalue weighted by Crippen LogP contribution is 2.20. The third-order valence-electron chi connectivity index (χ3n) is 4.40. The van der Waals surface area contributed by atoms with Gasteiger partial charge in [0.25, 0.3) is 5.56 Å². The van der Waals surface area contributed by atoms with Gasteiger partial charge < -0.3 is 4.57 Å². The van der Waals surface area contributed by atoms with E-state index in [1.54, 1.807) is 10.6 Å². The molecule has 134 valence electrons. The second kappa shape index (κ2) is 7.68. The van der Waals surface area contributed by atoms with E-state index in [0.29, 0.717) is 24.7 Å². The van der Waals surface area contributed by atoms with E-state index >= 15 is 0 Å². The predicted molar refractivity (Wildman–Crippen MR) is 108 cm³/mol. The second-order valence-electron chi connectivity index (χ2n) is 6.34. The Morgan fingerprint density at radius 2 is 1.59 bits per heavy atom. The molecule has 0 bridgehead atoms. The van der Waals surface area contributed by atoms with Crippen LogP contribution >= 0.6 is 11.6 Å². The van der Waals surface area contributed by atoms with Crippen molar-refractivity contribution in [3.63, 3.8) is 0 Å². The van der Waals surface area contributed by atoms with Gasteiger partial charge in [0.1, 0.15) is 0 Å². The lowest BCUT2D eigenvalue weighted by atomic mass is 10.0. The first-order chi connectivity index (χ1) is 13.2. The lowest BCUT2D eigenvalue weighted by Crippen LogP contribution is -2.19. The van der Waals surface area contributed by atoms with E-state index in [0.717, 1.165) is 28.1 Å². The van der Waals surface area contributed by atoms with Crippen LogP contribution in [-0.2, 0) is 13.0 Å². The van der Waals surface area contributed by atoms with Gasteiger partial charge in [-0.05, 0) is 40.5 Å². The molecule has 1 aromatic heterocycles. The molecule has 27 heavy (non-hydrogen) atoms. The zero-order valence-corrected chi connectivity index (χ0v) is 15.3. The molecule has 0 atom stereocenters. The summed E-state index contributed by atoms with van der Waals surface area (Å²) in [5.74, 6) is 0.763. The van der Waals surface area contributed by atoms with Crippen LogP contribution in [0, 0.1) is 0 Å². The van der Waals surface area contributed by atoms with E-state index in [9.17, 15) is 4.79 Å². The standard InChI is InChI=1S/C21H17ClN4O/c22-19-8-3-16(4-9-19)12-26-13-18(7-10-21(26)27)17-5-1-15(2-6-17)11-20-23-14-24-25-20/h1-10,13H,11-12,14H2. The average molecular weight is 377 g/mol. The van der Waals surface area contributed by atoms with Gasteiger partial charge in [-0.15, -0.1) is 5.11 Å². The fraction of sp³-hybridized carbons (Fsp3) is 0.143. The molecule has 0 spiro atoms. The molecule has 0 saturated carbocycles. The highest BCUT2D eigenvalue weighted by atomic mass is 35.5. The Bertz CT molecular complexity index is 1070. The summed E-state index contributed by atoms with van der Waals surface area (Å²) < 4.78 is 1.71. The first kappa shape index (κ1) is 17.4. The summed E-state index contributed by atoms with van der Waals surface area (Å²) in [4.78, 5) is 16.4. The normalized spacial score (nSPS) is 13.0. The highest BCUT2D eigenvalue weighted by molar-refractivity contribution is 6.30. The van der Waals surface area contributed by atoms with Crippen LogP contribution in [0.2, 0.25) is 5.02 Å². The van der Waals surface area contributed by atoms with Gasteiger partial charge in [0.15, 0.2) is 12.5 Å². The Balaban J connectivity index is 1.55. The average Bonchev–Trinajstić information content (AvgIpc) is 3.19. The SMILES string of the molecule is O=c1ccc(-c2ccc(CC3=NCN=N3)cc2)cn1Cc1ccc(Cl)cc1. The van der Waals surface area contributed by atoms with E-state index in [1.807, 2.05) is 36.5 Å². The van der Waals surface area contributed by atoms with Crippen molar-refractivity contribution in [1.29, 1.82) is 0 Å². The van der Waals surface area contributed by atoms with Gasteiger partial charge >= 0.3 is 0 Å². The van der Waals surface area contributed by atoms with Gasteiger partial charge in [-0.2, -0.15) is 5.11 Å². The van der Waals surface area contributed by atoms with Crippen molar-refractivity contribution >= 4 is 17.4 Å². The maximum absolute atomic E-state index is 12.2. The topological polar surface area (TPSA) is 59.1 Å². The summed E-state index contributed by atoms with van der Waals surface area (Å²) in [6.07, 6.45) is 2.57. The first-order valence-electron chi connectivity index (χ1n) is 8.62. The zero-order chi connectivity index (χ0) is 18.6. The molecule has 4 rings (SSSR count). The molecule has 0 radical (unpaired) electrons. The molecular formula is C21H17ClN4O. The monoisotopic (exact) mass is 376 g/mol. The maximum atomic E-state index is 12.2. The quantitative estimate of drug-likeness (QED) is 0.642. The van der Waals surface area contributed by atoms with Crippen molar-refractivity contribution in [3.05, 3.63) is 93.4 Å². The number of azo groups is 1. The Labute approximate surface area is 161 Å². The molecule has 0 unspecified atom stereocenters. The molecule has 0 amide bonds. The van der Waals surface area contributed by atoms with Gasteiger partial charge in [-0.3, -0.25) is 4.79 Å². The highest BCUT2D eigenvalue weighted by Gasteiger charge is 2.06. The minimum absolute atomic E-state index is 0.0325. The Morgan fingerprint density at radius 3 is 2.30 bits per heavy atom. The van der Waals surface area contributed by atoms with Gasteiger partial charge in [-0.1, -0.05) is 48.0 Å². The molecule has 0 aliphatic carbocycles. The fourth-order valence-electron chi connectivity index (χ4n) is 2.96. The number of hydrogen-bond donors (Lipinski definition) is 0. The number of pyridine rings is 1. The zero-order valence-electron chi connectivity index (χ0n) is 14.5. The van der Waals surface area contributed by atoms with Crippen LogP contribution in [0.4, 0.5) is 0 Å². The summed E-state index contributed by atoms with van der Waals surface area (Å²) in [6.45, 7) is 0.940. The van der Waals surface area contributed by atoms with Crippen LogP contribution in [0.25, 0.3) is 11.1 Å². The van der Waals surface area contributed by atoms with Crippen molar-refractivity contribution in [2.24, 2.45) is 15.2 Å². The minimum Gasteiger partial charge on any atom is -0.310 e. The predicted octanol–water partition coefficient (Wildman–Crippen LogP) is 4.58. The smallest absolute Gasteiger partial charge is 0.250 e. The Kier molecular flexibility index (Phi) is 4.94. The number of benzene rings is 2. The summed E-state index contributed by atoms with van der Waals surface area (Å²) in [5, 5.41) is 8.56. The maximum Gasteiger partial charge on any atom is 0.250 e. The largest absolute Gasteiger partial charge is 0.310 e. The molecule has 5 nitrogen and oxygen atoms in total. The van der Waals surface area contributed by atoms with Crippen LogP contribution in [0.15, 0.2) is 86.9 Å². The first-order valence-corrected chi connectivity index (χ1v) is 9.00. The number of rotatable bonds is 5. The number of nitrogens with zero attached hydrogens (tertiary/aromatic N) is 4. The van der Waals surface area contributed by atoms with Crippen LogP contribution in [0.3, 0.4) is 0 Å². The third-order valence-corrected chi connectivity index (χ3v) is 4.65. The third kappa shape index (κ3) is 4.20. The van der Waals surface area contributed by atoms with Gasteiger partial charge in [0.05, 0.1) is 6.54 Å². The molecule has 2 aromatic carbocycles. The lowest BCUT2D eigenvalue weighted by Gasteiger charge is -2.09. The molecule has 0 fully saturated rings. The van der Waals surface area contributed by atoms with Crippen LogP contribution in [0.1, 0.15) is 11.1 Å². The number of halogens is 1. The van der Waals surface area contributed by atoms with Crippen molar-refractivity contribution in [3.8, 4) is 11.1 Å². The van der Waals surface area contributed by atoms with Crippen molar-refractivity contribution in [2.75, 3.05) is 6.67 Å². The van der Waals surface area contributed by atoms with Gasteiger partial charge in [0, 0.05) is 23.7 Å². The number of hydrogen-bond acceptors (Lipinski definition) is 4. The summed E-state index contributed by atoms with van der Waals surface area (Å²) in [6, 6.07) is 19.2. The number of aromatic nitrogens is 1. The van der Waals surface area contributed by atoms with Crippen molar-refractivity contribution in [1.82, 2.24) is 4.57 Å². The van der Waals surface area contributed by atoms with E-state index in [4.69, 9.17) is 11.6 Å². The summed E-state index contributed by atoms with van der Waals surface area (Å²) >= 11 is 5.93. The van der Waals surface area contributed by atoms with Gasteiger partial charge in [-0.25, -0.2) is 4.99 Å². The van der Waals surface area contributed by atoms with E-state index in [1.165, 1.54) is 0 Å². The number of amidine groups is 1. The minimum atomic E-state index is -0.0325. The van der Waals surface area contributed by atoms with Crippen LogP contribution in [-0.4, -0.2) is 17.1 Å². The second-order valence-corrected chi connectivity index (χ2v) is 6.78. The lowest BCUT2D eigenvalue weighted by molar-refractivity contribution is 0.761. The molecule has 0 saturated heterocycles. The molecule has 2 heterocycles. The summed E-state index contributed by atoms with van der Waals surface area (Å²) in [5.41, 5.74) is 4.18. The van der Waals surface area contributed by atoms with E-state index < -0.39 is 0 Å². The van der Waals surface area contributed by atoms with Crippen molar-refractivity contribution < 1.29 is 0 Å². The summed E-state index contributed by atoms with van der Waals surface area (Å²) in [7, 11) is 0. The van der Waals surface area contributed by atoms with Crippen LogP contribution < -0.4 is 5.56 Å². The van der Waals surface area contributed by atoms with Gasteiger partial charge in [0.2, 0.25) is 0 Å².